The van der Waals surface area contributed by atoms with E-state index in [1.165, 1.54) is 10.8 Å². The quantitative estimate of drug-likeness (QED) is 0.502. The van der Waals surface area contributed by atoms with Crippen molar-refractivity contribution in [3.8, 4) is 0 Å². The molecule has 59 valence electrons. The first kappa shape index (κ1) is 9.44. The Balaban J connectivity index is 2.83. The van der Waals surface area contributed by atoms with E-state index in [4.69, 9.17) is 4.12 Å². The van der Waals surface area contributed by atoms with Gasteiger partial charge in [-0.3, -0.25) is 0 Å². The number of rotatable bonds is 4. The lowest BCUT2D eigenvalue weighted by molar-refractivity contribution is 0.676. The van der Waals surface area contributed by atoms with Gasteiger partial charge in [0, 0.05) is 0 Å². The van der Waals surface area contributed by atoms with Gasteiger partial charge in [-0.05, 0) is 17.2 Å². The van der Waals surface area contributed by atoms with Crippen molar-refractivity contribution >= 4 is 25.4 Å². The molecule has 0 heterocycles. The summed E-state index contributed by atoms with van der Waals surface area (Å²) in [5, 5.41) is 1.23. The maximum Gasteiger partial charge on any atom is 0.256 e. The second kappa shape index (κ2) is 5.08. The van der Waals surface area contributed by atoms with Gasteiger partial charge in [-0.25, -0.2) is 0 Å². The summed E-state index contributed by atoms with van der Waals surface area (Å²) in [6, 6.07) is 8.20. The Morgan fingerprint density at radius 2 is 2.25 bits per heavy atom. The van der Waals surface area contributed by atoms with Crippen molar-refractivity contribution in [3.63, 3.8) is 0 Å². The van der Waals surface area contributed by atoms with Gasteiger partial charge in [0.15, 0.2) is 0 Å². The molecular weight excluding hydrogens is 180 g/mol. The molecule has 0 saturated carbocycles. The van der Waals surface area contributed by atoms with E-state index in [-0.39, 0.29) is 0 Å². The van der Waals surface area contributed by atoms with Crippen LogP contribution in [0.25, 0.3) is 0 Å². The highest BCUT2D eigenvalue weighted by atomic mass is 28.3. The molecule has 0 spiro atoms. The molecule has 3 heteroatoms. The highest BCUT2D eigenvalue weighted by Crippen LogP contribution is 1.97. The molecule has 5 radical (unpaired) electrons. The average Bonchev–Trinajstić information content (AvgIpc) is 2.09. The van der Waals surface area contributed by atoms with Crippen LogP contribution in [0, 0.1) is 0 Å². The van der Waals surface area contributed by atoms with E-state index >= 15 is 0 Å². The van der Waals surface area contributed by atoms with E-state index in [1.807, 2.05) is 18.2 Å². The molecule has 0 bridgehead atoms. The predicted molar refractivity (Wildman–Crippen MR) is 52.6 cm³/mol. The summed E-state index contributed by atoms with van der Waals surface area (Å²) in [4.78, 5) is 0. The number of hydrogen-bond acceptors (Lipinski definition) is 1. The average molecular weight is 189 g/mol. The van der Waals surface area contributed by atoms with Gasteiger partial charge in [-0.2, -0.15) is 0 Å². The van der Waals surface area contributed by atoms with Crippen LogP contribution in [-0.2, 0) is 10.5 Å². The predicted octanol–water partition coefficient (Wildman–Crippen LogP) is 0.760. The molecule has 0 amide bonds. The van der Waals surface area contributed by atoms with Crippen LogP contribution in [0.3, 0.4) is 0 Å². The standard InChI is InChI=1S/C9H9OSi2/c1-2-5-8-6-3-4-7-9(8)12-10-11/h2-4,6-7H,1,5H2. The molecule has 1 aromatic rings. The monoisotopic (exact) mass is 189 g/mol. The summed E-state index contributed by atoms with van der Waals surface area (Å²) in [6.45, 7) is 3.71. The van der Waals surface area contributed by atoms with E-state index in [2.05, 4.69) is 29.2 Å². The van der Waals surface area contributed by atoms with E-state index < -0.39 is 0 Å². The van der Waals surface area contributed by atoms with Crippen LogP contribution >= 0.6 is 0 Å². The molecule has 0 aliphatic rings. The Labute approximate surface area is 78.9 Å². The van der Waals surface area contributed by atoms with Gasteiger partial charge in [0.1, 0.15) is 0 Å². The minimum Gasteiger partial charge on any atom is -0.454 e. The van der Waals surface area contributed by atoms with Gasteiger partial charge in [-0.1, -0.05) is 30.3 Å². The molecule has 0 saturated heterocycles. The van der Waals surface area contributed by atoms with E-state index in [1.54, 1.807) is 0 Å². The van der Waals surface area contributed by atoms with E-state index in [0.717, 1.165) is 6.42 Å². The second-order valence-corrected chi connectivity index (χ2v) is 3.91. The van der Waals surface area contributed by atoms with Crippen molar-refractivity contribution in [1.82, 2.24) is 0 Å². The summed E-state index contributed by atoms with van der Waals surface area (Å²) in [5.74, 6) is 0. The van der Waals surface area contributed by atoms with E-state index in [0.29, 0.717) is 9.76 Å². The summed E-state index contributed by atoms with van der Waals surface area (Å²) >= 11 is 0. The van der Waals surface area contributed by atoms with Gasteiger partial charge < -0.3 is 4.12 Å². The number of benzene rings is 1. The topological polar surface area (TPSA) is 9.23 Å². The van der Waals surface area contributed by atoms with Crippen LogP contribution in [0.4, 0.5) is 0 Å². The fourth-order valence-corrected chi connectivity index (χ4v) is 1.93. The van der Waals surface area contributed by atoms with Crippen molar-refractivity contribution in [2.75, 3.05) is 0 Å². The summed E-state index contributed by atoms with van der Waals surface area (Å²) in [6.07, 6.45) is 2.80. The number of hydrogen-bond donors (Lipinski definition) is 0. The Morgan fingerprint density at radius 1 is 1.50 bits per heavy atom. The zero-order valence-corrected chi connectivity index (χ0v) is 8.71. The fraction of sp³-hybridized carbons (Fsp3) is 0.111. The van der Waals surface area contributed by atoms with Gasteiger partial charge in [0.2, 0.25) is 10.5 Å². The molecular formula is C9H9OSi2. The highest BCUT2D eigenvalue weighted by Gasteiger charge is 1.99. The first-order valence-electron chi connectivity index (χ1n) is 3.66. The van der Waals surface area contributed by atoms with Crippen molar-refractivity contribution in [3.05, 3.63) is 42.5 Å². The molecule has 1 nitrogen and oxygen atoms in total. The summed E-state index contributed by atoms with van der Waals surface area (Å²) < 4.78 is 4.91. The SMILES string of the molecule is C=CCc1ccccc1[Si]O[Si]. The van der Waals surface area contributed by atoms with Crippen molar-refractivity contribution in [2.45, 2.75) is 6.42 Å². The molecule has 0 N–H and O–H groups in total. The Bertz CT molecular complexity index is 260. The fourth-order valence-electron chi connectivity index (χ4n) is 1.01. The van der Waals surface area contributed by atoms with Crippen LogP contribution in [0.15, 0.2) is 36.9 Å². The minimum absolute atomic E-state index is 0.362. The Morgan fingerprint density at radius 3 is 2.92 bits per heavy atom. The molecule has 0 fully saturated rings. The largest absolute Gasteiger partial charge is 0.454 e. The van der Waals surface area contributed by atoms with Gasteiger partial charge in [-0.15, -0.1) is 6.58 Å². The molecule has 12 heavy (non-hydrogen) atoms. The van der Waals surface area contributed by atoms with Crippen molar-refractivity contribution < 1.29 is 4.12 Å². The van der Waals surface area contributed by atoms with Crippen LogP contribution in [0.1, 0.15) is 5.56 Å². The maximum atomic E-state index is 4.91. The second-order valence-electron chi connectivity index (χ2n) is 2.35. The van der Waals surface area contributed by atoms with Gasteiger partial charge in [0.25, 0.3) is 9.76 Å². The molecule has 0 aliphatic heterocycles. The smallest absolute Gasteiger partial charge is 0.256 e. The third kappa shape index (κ3) is 2.44. The molecule has 0 atom stereocenters. The molecule has 1 aromatic carbocycles. The van der Waals surface area contributed by atoms with Crippen LogP contribution in [0.2, 0.25) is 0 Å². The van der Waals surface area contributed by atoms with Crippen LogP contribution in [0.5, 0.6) is 0 Å². The normalized spacial score (nSPS) is 9.75. The first-order valence-corrected chi connectivity index (χ1v) is 4.97. The van der Waals surface area contributed by atoms with Crippen molar-refractivity contribution in [2.24, 2.45) is 0 Å². The molecule has 0 aromatic heterocycles. The lowest BCUT2D eigenvalue weighted by atomic mass is 10.1. The third-order valence-corrected chi connectivity index (χ3v) is 2.66. The van der Waals surface area contributed by atoms with Crippen LogP contribution in [-0.4, -0.2) is 20.2 Å². The zero-order chi connectivity index (χ0) is 8.81. The van der Waals surface area contributed by atoms with Gasteiger partial charge in [0.05, 0.1) is 0 Å². The first-order chi connectivity index (χ1) is 5.88. The van der Waals surface area contributed by atoms with Gasteiger partial charge >= 0.3 is 0 Å². The zero-order valence-electron chi connectivity index (χ0n) is 6.71. The van der Waals surface area contributed by atoms with Crippen molar-refractivity contribution in [1.29, 1.82) is 0 Å². The maximum absolute atomic E-state index is 4.91. The number of allylic oxidation sites excluding steroid dienone is 1. The molecule has 1 rings (SSSR count). The third-order valence-electron chi connectivity index (χ3n) is 1.54. The molecule has 0 unspecified atom stereocenters. The Hall–Kier alpha value is -0.646. The van der Waals surface area contributed by atoms with Crippen LogP contribution < -0.4 is 5.19 Å². The summed E-state index contributed by atoms with van der Waals surface area (Å²) in [7, 11) is 3.37. The van der Waals surface area contributed by atoms with E-state index in [9.17, 15) is 0 Å². The highest BCUT2D eigenvalue weighted by molar-refractivity contribution is 6.51. The Kier molecular flexibility index (Phi) is 4.00. The molecule has 0 aliphatic carbocycles. The lowest BCUT2D eigenvalue weighted by Gasteiger charge is -2.03. The minimum atomic E-state index is 0.362. The lowest BCUT2D eigenvalue weighted by Crippen LogP contribution is -2.20. The summed E-state index contributed by atoms with van der Waals surface area (Å²) in [5.41, 5.74) is 1.28.